The molecule has 0 spiro atoms. The van der Waals surface area contributed by atoms with Crippen molar-refractivity contribution in [2.24, 2.45) is 11.8 Å². The van der Waals surface area contributed by atoms with Crippen LogP contribution in [0.5, 0.6) is 0 Å². The Hall–Kier alpha value is -0.890. The van der Waals surface area contributed by atoms with Crippen molar-refractivity contribution in [1.82, 2.24) is 0 Å². The lowest BCUT2D eigenvalue weighted by Gasteiger charge is -2.27. The summed E-state index contributed by atoms with van der Waals surface area (Å²) >= 11 is 6.18. The van der Waals surface area contributed by atoms with Gasteiger partial charge < -0.3 is 0 Å². The highest BCUT2D eigenvalue weighted by Gasteiger charge is 2.19. The van der Waals surface area contributed by atoms with E-state index in [4.69, 9.17) is 11.6 Å². The molecule has 0 bridgehead atoms. The highest BCUT2D eigenvalue weighted by atomic mass is 35.5. The highest BCUT2D eigenvalue weighted by Crippen LogP contribution is 2.33. The fourth-order valence-electron chi connectivity index (χ4n) is 3.40. The second kappa shape index (κ2) is 8.67. The predicted octanol–water partition coefficient (Wildman–Crippen LogP) is 6.93. The standard InChI is InChI=1S/C19H25ClF2/c1-14(15-8-3-2-4-9-15)7-5-11-17(20)13-16-10-6-12-18(21)19(16)22/h6,10,12-15H,2-5,7-9,11H2,1H3. The molecule has 0 heterocycles. The molecule has 0 amide bonds. The van der Waals surface area contributed by atoms with Crippen LogP contribution in [-0.2, 0) is 0 Å². The van der Waals surface area contributed by atoms with E-state index in [1.165, 1.54) is 38.2 Å². The van der Waals surface area contributed by atoms with Crippen molar-refractivity contribution in [3.8, 4) is 0 Å². The summed E-state index contributed by atoms with van der Waals surface area (Å²) in [5.41, 5.74) is 0.227. The first-order valence-electron chi connectivity index (χ1n) is 8.38. The summed E-state index contributed by atoms with van der Waals surface area (Å²) in [5.74, 6) is -0.0618. The molecule has 1 aromatic carbocycles. The number of hydrogen-bond acceptors (Lipinski definition) is 0. The molecule has 0 aliphatic heterocycles. The van der Waals surface area contributed by atoms with Crippen molar-refractivity contribution in [2.75, 3.05) is 0 Å². The summed E-state index contributed by atoms with van der Waals surface area (Å²) in [4.78, 5) is 0. The number of rotatable bonds is 6. The summed E-state index contributed by atoms with van der Waals surface area (Å²) in [6.45, 7) is 2.33. The second-order valence-electron chi connectivity index (χ2n) is 6.50. The lowest BCUT2D eigenvalue weighted by atomic mass is 9.79. The van der Waals surface area contributed by atoms with E-state index in [0.29, 0.717) is 5.03 Å². The Kier molecular flexibility index (Phi) is 6.88. The van der Waals surface area contributed by atoms with E-state index in [-0.39, 0.29) is 5.56 Å². The van der Waals surface area contributed by atoms with Crippen LogP contribution < -0.4 is 0 Å². The van der Waals surface area contributed by atoms with E-state index >= 15 is 0 Å². The first kappa shape index (κ1) is 17.5. The van der Waals surface area contributed by atoms with E-state index in [2.05, 4.69) is 6.92 Å². The maximum atomic E-state index is 13.6. The topological polar surface area (TPSA) is 0 Å². The Labute approximate surface area is 137 Å². The van der Waals surface area contributed by atoms with E-state index in [1.807, 2.05) is 0 Å². The Morgan fingerprint density at radius 2 is 2.00 bits per heavy atom. The number of halogens is 3. The van der Waals surface area contributed by atoms with Gasteiger partial charge in [0.1, 0.15) is 0 Å². The number of hydrogen-bond donors (Lipinski definition) is 0. The van der Waals surface area contributed by atoms with Crippen LogP contribution in [0.3, 0.4) is 0 Å². The zero-order chi connectivity index (χ0) is 15.9. The van der Waals surface area contributed by atoms with Gasteiger partial charge in [0.15, 0.2) is 11.6 Å². The minimum absolute atomic E-state index is 0.227. The van der Waals surface area contributed by atoms with Gasteiger partial charge in [-0.05, 0) is 36.8 Å². The van der Waals surface area contributed by atoms with Gasteiger partial charge in [-0.15, -0.1) is 0 Å². The van der Waals surface area contributed by atoms with Crippen LogP contribution in [-0.4, -0.2) is 0 Å². The van der Waals surface area contributed by atoms with Gasteiger partial charge in [0.2, 0.25) is 0 Å². The molecule has 3 heteroatoms. The minimum Gasteiger partial charge on any atom is -0.204 e. The molecule has 1 atom stereocenters. The molecule has 1 saturated carbocycles. The maximum absolute atomic E-state index is 13.6. The normalized spacial score (nSPS) is 18.5. The Balaban J connectivity index is 1.80. The zero-order valence-electron chi connectivity index (χ0n) is 13.3. The van der Waals surface area contributed by atoms with Gasteiger partial charge in [0, 0.05) is 10.6 Å². The maximum Gasteiger partial charge on any atom is 0.166 e. The van der Waals surface area contributed by atoms with Crippen molar-refractivity contribution in [1.29, 1.82) is 0 Å². The van der Waals surface area contributed by atoms with Gasteiger partial charge in [0.05, 0.1) is 0 Å². The molecule has 1 aliphatic rings. The average Bonchev–Trinajstić information content (AvgIpc) is 2.52. The number of allylic oxidation sites excluding steroid dienone is 1. The first-order valence-corrected chi connectivity index (χ1v) is 8.76. The van der Waals surface area contributed by atoms with Crippen molar-refractivity contribution in [3.05, 3.63) is 40.4 Å². The molecule has 0 N–H and O–H groups in total. The van der Waals surface area contributed by atoms with E-state index in [9.17, 15) is 8.78 Å². The molecule has 0 radical (unpaired) electrons. The molecular formula is C19H25ClF2. The van der Waals surface area contributed by atoms with Crippen molar-refractivity contribution < 1.29 is 8.78 Å². The van der Waals surface area contributed by atoms with E-state index < -0.39 is 11.6 Å². The minimum atomic E-state index is -0.830. The largest absolute Gasteiger partial charge is 0.204 e. The van der Waals surface area contributed by atoms with Crippen molar-refractivity contribution in [3.63, 3.8) is 0 Å². The fourth-order valence-corrected chi connectivity index (χ4v) is 3.66. The SMILES string of the molecule is CC(CCCC(Cl)=Cc1cccc(F)c1F)C1CCCCC1. The van der Waals surface area contributed by atoms with Crippen LogP contribution in [0.25, 0.3) is 6.08 Å². The third kappa shape index (κ3) is 5.08. The first-order chi connectivity index (χ1) is 10.6. The Morgan fingerprint density at radius 1 is 1.27 bits per heavy atom. The Morgan fingerprint density at radius 3 is 2.73 bits per heavy atom. The van der Waals surface area contributed by atoms with Gasteiger partial charge in [-0.2, -0.15) is 0 Å². The van der Waals surface area contributed by atoms with E-state index in [1.54, 1.807) is 12.1 Å². The predicted molar refractivity (Wildman–Crippen MR) is 89.8 cm³/mol. The molecule has 2 rings (SSSR count). The van der Waals surface area contributed by atoms with Crippen LogP contribution in [0, 0.1) is 23.5 Å². The molecule has 1 aromatic rings. The quantitative estimate of drug-likeness (QED) is 0.531. The molecule has 22 heavy (non-hydrogen) atoms. The van der Waals surface area contributed by atoms with Crippen molar-refractivity contribution in [2.45, 2.75) is 58.3 Å². The van der Waals surface area contributed by atoms with Crippen LogP contribution in [0.1, 0.15) is 63.9 Å². The monoisotopic (exact) mass is 326 g/mol. The van der Waals surface area contributed by atoms with Crippen LogP contribution >= 0.6 is 11.6 Å². The Bertz CT molecular complexity index is 504. The van der Waals surface area contributed by atoms with Crippen LogP contribution in [0.15, 0.2) is 23.2 Å². The lowest BCUT2D eigenvalue weighted by molar-refractivity contribution is 0.249. The summed E-state index contributed by atoms with van der Waals surface area (Å²) in [7, 11) is 0. The fraction of sp³-hybridized carbons (Fsp3) is 0.579. The molecular weight excluding hydrogens is 302 g/mol. The van der Waals surface area contributed by atoms with Gasteiger partial charge >= 0.3 is 0 Å². The molecule has 0 saturated heterocycles. The molecule has 1 aliphatic carbocycles. The number of benzene rings is 1. The molecule has 1 fully saturated rings. The third-order valence-corrected chi connectivity index (χ3v) is 5.12. The van der Waals surface area contributed by atoms with Gasteiger partial charge in [-0.25, -0.2) is 8.78 Å². The second-order valence-corrected chi connectivity index (χ2v) is 6.99. The summed E-state index contributed by atoms with van der Waals surface area (Å²) < 4.78 is 26.7. The van der Waals surface area contributed by atoms with Crippen LogP contribution in [0.2, 0.25) is 0 Å². The summed E-state index contributed by atoms with van der Waals surface area (Å²) in [5, 5.41) is 0.598. The van der Waals surface area contributed by atoms with Gasteiger partial charge in [-0.3, -0.25) is 0 Å². The van der Waals surface area contributed by atoms with Gasteiger partial charge in [-0.1, -0.05) is 69.2 Å². The third-order valence-electron chi connectivity index (χ3n) is 4.82. The summed E-state index contributed by atoms with van der Waals surface area (Å²) in [6, 6.07) is 4.16. The zero-order valence-corrected chi connectivity index (χ0v) is 14.0. The summed E-state index contributed by atoms with van der Waals surface area (Å²) in [6.07, 6.45) is 11.3. The lowest BCUT2D eigenvalue weighted by Crippen LogP contribution is -2.15. The van der Waals surface area contributed by atoms with Crippen molar-refractivity contribution >= 4 is 17.7 Å². The highest BCUT2D eigenvalue weighted by molar-refractivity contribution is 6.31. The van der Waals surface area contributed by atoms with E-state index in [0.717, 1.165) is 37.2 Å². The van der Waals surface area contributed by atoms with Gasteiger partial charge in [0.25, 0.3) is 0 Å². The molecule has 122 valence electrons. The molecule has 0 nitrogen and oxygen atoms in total. The smallest absolute Gasteiger partial charge is 0.166 e. The average molecular weight is 327 g/mol. The molecule has 1 unspecified atom stereocenters. The molecule has 0 aromatic heterocycles. The van der Waals surface area contributed by atoms with Crippen LogP contribution in [0.4, 0.5) is 8.78 Å².